The second kappa shape index (κ2) is 34.1. The molecule has 0 saturated heterocycles. The van der Waals surface area contributed by atoms with E-state index >= 15 is 0 Å². The van der Waals surface area contributed by atoms with Gasteiger partial charge in [-0.05, 0) is 77.0 Å². The standard InChI is InChI=1S/C38H69N2O6P/c1-3-5-7-9-11-13-15-17-18-20-22-24-26-28-30-32-38(42)40-36(35-46-47(43,44)45-34-33-39)37(41)31-29-27-25-23-21-19-16-14-12-10-8-6-4-2/h11-14,17-18,21,23,29,31,36-37,41H,3-10,15-16,19-20,22,24-28,30,32-35,39H2,1-2H3,(H,40,42)(H,43,44)/b13-11-,14-12+,18-17-,23-21+,31-29+. The molecule has 0 aromatic carbocycles. The Morgan fingerprint density at radius 1 is 0.702 bits per heavy atom. The third-order valence-electron chi connectivity index (χ3n) is 7.54. The molecule has 5 N–H and O–H groups in total. The van der Waals surface area contributed by atoms with Gasteiger partial charge in [0.2, 0.25) is 5.91 Å². The molecule has 272 valence electrons. The van der Waals surface area contributed by atoms with Crippen LogP contribution in [-0.4, -0.2) is 47.8 Å². The highest BCUT2D eigenvalue weighted by molar-refractivity contribution is 7.47. The number of hydrogen-bond donors (Lipinski definition) is 4. The molecule has 0 spiro atoms. The highest BCUT2D eigenvalue weighted by Crippen LogP contribution is 2.43. The van der Waals surface area contributed by atoms with Gasteiger partial charge < -0.3 is 21.1 Å². The number of carbonyl (C=O) groups excluding carboxylic acids is 1. The van der Waals surface area contributed by atoms with Crippen LogP contribution in [-0.2, 0) is 18.4 Å². The average Bonchev–Trinajstić information content (AvgIpc) is 3.05. The summed E-state index contributed by atoms with van der Waals surface area (Å²) < 4.78 is 22.0. The van der Waals surface area contributed by atoms with E-state index in [1.807, 2.05) is 6.08 Å². The average molecular weight is 681 g/mol. The van der Waals surface area contributed by atoms with Gasteiger partial charge in [-0.3, -0.25) is 13.8 Å². The lowest BCUT2D eigenvalue weighted by atomic mass is 10.1. The van der Waals surface area contributed by atoms with Gasteiger partial charge in [0.15, 0.2) is 0 Å². The Morgan fingerprint density at radius 2 is 1.19 bits per heavy atom. The van der Waals surface area contributed by atoms with E-state index in [0.29, 0.717) is 6.42 Å². The first-order valence-corrected chi connectivity index (χ1v) is 19.9. The van der Waals surface area contributed by atoms with E-state index in [9.17, 15) is 19.4 Å². The van der Waals surface area contributed by atoms with Crippen LogP contribution in [0.2, 0.25) is 0 Å². The van der Waals surface area contributed by atoms with Crippen LogP contribution in [0.5, 0.6) is 0 Å². The number of carbonyl (C=O) groups is 1. The van der Waals surface area contributed by atoms with Gasteiger partial charge in [-0.2, -0.15) is 0 Å². The summed E-state index contributed by atoms with van der Waals surface area (Å²) in [6, 6.07) is -0.890. The molecule has 0 heterocycles. The molecule has 0 saturated carbocycles. The summed E-state index contributed by atoms with van der Waals surface area (Å²) in [6.07, 6.45) is 41.2. The van der Waals surface area contributed by atoms with Crippen molar-refractivity contribution in [3.8, 4) is 0 Å². The van der Waals surface area contributed by atoms with Crippen LogP contribution in [0, 0.1) is 0 Å². The topological polar surface area (TPSA) is 131 Å². The second-order valence-corrected chi connectivity index (χ2v) is 13.5. The predicted molar refractivity (Wildman–Crippen MR) is 198 cm³/mol. The molecular formula is C38H69N2O6P. The Hall–Kier alpha value is -1.80. The van der Waals surface area contributed by atoms with Crippen molar-refractivity contribution in [3.63, 3.8) is 0 Å². The number of phosphoric ester groups is 1. The van der Waals surface area contributed by atoms with Gasteiger partial charge in [0.25, 0.3) is 0 Å². The third kappa shape index (κ3) is 32.5. The Labute approximate surface area is 287 Å². The number of aliphatic hydroxyl groups is 1. The number of phosphoric acid groups is 1. The highest BCUT2D eigenvalue weighted by Gasteiger charge is 2.26. The molecular weight excluding hydrogens is 611 g/mol. The van der Waals surface area contributed by atoms with Gasteiger partial charge in [0.05, 0.1) is 25.4 Å². The number of nitrogens with two attached hydrogens (primary N) is 1. The summed E-state index contributed by atoms with van der Waals surface area (Å²) in [5.41, 5.74) is 5.34. The van der Waals surface area contributed by atoms with E-state index in [1.165, 1.54) is 44.9 Å². The largest absolute Gasteiger partial charge is 0.472 e. The SMILES string of the molecule is CCCCC/C=C\C/C=C\CCCCCCCC(=O)NC(COP(=O)(O)OCCN)C(O)/C=C/CC/C=C/CC/C=C/CCCCC. The van der Waals surface area contributed by atoms with Gasteiger partial charge in [-0.15, -0.1) is 0 Å². The fourth-order valence-corrected chi connectivity index (χ4v) is 5.48. The fourth-order valence-electron chi connectivity index (χ4n) is 4.72. The van der Waals surface area contributed by atoms with Crippen LogP contribution in [0.4, 0.5) is 0 Å². The minimum Gasteiger partial charge on any atom is -0.387 e. The van der Waals surface area contributed by atoms with Crippen molar-refractivity contribution < 1.29 is 28.4 Å². The first kappa shape index (κ1) is 45.2. The molecule has 0 aliphatic rings. The monoisotopic (exact) mass is 680 g/mol. The third-order valence-corrected chi connectivity index (χ3v) is 8.53. The van der Waals surface area contributed by atoms with Gasteiger partial charge in [-0.25, -0.2) is 4.57 Å². The number of nitrogens with one attached hydrogen (secondary N) is 1. The highest BCUT2D eigenvalue weighted by atomic mass is 31.2. The number of rotatable bonds is 33. The molecule has 0 aliphatic carbocycles. The Morgan fingerprint density at radius 3 is 1.77 bits per heavy atom. The molecule has 9 heteroatoms. The Balaban J connectivity index is 4.45. The van der Waals surface area contributed by atoms with Crippen LogP contribution in [0.3, 0.4) is 0 Å². The van der Waals surface area contributed by atoms with E-state index in [0.717, 1.165) is 77.0 Å². The number of allylic oxidation sites excluding steroid dienone is 9. The maximum Gasteiger partial charge on any atom is 0.472 e. The van der Waals surface area contributed by atoms with Crippen molar-refractivity contribution in [2.24, 2.45) is 5.73 Å². The molecule has 0 fully saturated rings. The van der Waals surface area contributed by atoms with Crippen LogP contribution in [0.25, 0.3) is 0 Å². The summed E-state index contributed by atoms with van der Waals surface area (Å²) in [7, 11) is -4.35. The lowest BCUT2D eigenvalue weighted by Gasteiger charge is -2.23. The van der Waals surface area contributed by atoms with Crippen LogP contribution >= 0.6 is 7.82 Å². The molecule has 8 nitrogen and oxygen atoms in total. The summed E-state index contributed by atoms with van der Waals surface area (Å²) >= 11 is 0. The quantitative estimate of drug-likeness (QED) is 0.0308. The van der Waals surface area contributed by atoms with Crippen molar-refractivity contribution in [1.82, 2.24) is 5.32 Å². The fraction of sp³-hybridized carbons (Fsp3) is 0.711. The van der Waals surface area contributed by atoms with Gasteiger partial charge >= 0.3 is 7.82 Å². The summed E-state index contributed by atoms with van der Waals surface area (Å²) in [4.78, 5) is 22.6. The van der Waals surface area contributed by atoms with E-state index in [2.05, 4.69) is 67.8 Å². The maximum absolute atomic E-state index is 12.7. The first-order chi connectivity index (χ1) is 22.9. The Bertz CT molecular complexity index is 918. The smallest absolute Gasteiger partial charge is 0.387 e. The summed E-state index contributed by atoms with van der Waals surface area (Å²) in [6.45, 7) is 4.00. The van der Waals surface area contributed by atoms with Crippen molar-refractivity contribution >= 4 is 13.7 Å². The van der Waals surface area contributed by atoms with Crippen LogP contribution in [0.15, 0.2) is 60.8 Å². The molecule has 0 aromatic heterocycles. The maximum atomic E-state index is 12.7. The zero-order valence-electron chi connectivity index (χ0n) is 29.7. The predicted octanol–water partition coefficient (Wildman–Crippen LogP) is 9.55. The van der Waals surface area contributed by atoms with E-state index in [1.54, 1.807) is 6.08 Å². The zero-order valence-corrected chi connectivity index (χ0v) is 30.6. The molecule has 0 radical (unpaired) electrons. The van der Waals surface area contributed by atoms with Crippen LogP contribution < -0.4 is 11.1 Å². The number of unbranched alkanes of at least 4 members (excludes halogenated alkanes) is 13. The molecule has 0 bridgehead atoms. The normalized spacial score (nSPS) is 15.1. The molecule has 3 atom stereocenters. The van der Waals surface area contributed by atoms with Crippen molar-refractivity contribution in [1.29, 1.82) is 0 Å². The molecule has 3 unspecified atom stereocenters. The second-order valence-electron chi connectivity index (χ2n) is 12.1. The van der Waals surface area contributed by atoms with E-state index in [4.69, 9.17) is 14.8 Å². The Kier molecular flexibility index (Phi) is 32.8. The van der Waals surface area contributed by atoms with Crippen molar-refractivity contribution in [3.05, 3.63) is 60.8 Å². The number of aliphatic hydroxyl groups excluding tert-OH is 1. The van der Waals surface area contributed by atoms with E-state index < -0.39 is 20.0 Å². The summed E-state index contributed by atoms with van der Waals surface area (Å²) in [5.74, 6) is -0.227. The van der Waals surface area contributed by atoms with Gasteiger partial charge in [0.1, 0.15) is 0 Å². The molecule has 0 aromatic rings. The van der Waals surface area contributed by atoms with Crippen LogP contribution in [0.1, 0.15) is 142 Å². The molecule has 47 heavy (non-hydrogen) atoms. The zero-order chi connectivity index (χ0) is 34.7. The lowest BCUT2D eigenvalue weighted by molar-refractivity contribution is -0.123. The number of amides is 1. The van der Waals surface area contributed by atoms with Crippen molar-refractivity contribution in [2.75, 3.05) is 19.8 Å². The summed E-state index contributed by atoms with van der Waals surface area (Å²) in [5, 5.41) is 13.5. The molecule has 0 aliphatic heterocycles. The molecule has 1 amide bonds. The van der Waals surface area contributed by atoms with Crippen molar-refractivity contribution in [2.45, 2.75) is 154 Å². The van der Waals surface area contributed by atoms with E-state index in [-0.39, 0.29) is 25.7 Å². The lowest BCUT2D eigenvalue weighted by Crippen LogP contribution is -2.45. The minimum atomic E-state index is -4.35. The number of hydrogen-bond acceptors (Lipinski definition) is 6. The minimum absolute atomic E-state index is 0.0667. The van der Waals surface area contributed by atoms with Gasteiger partial charge in [-0.1, -0.05) is 120 Å². The first-order valence-electron chi connectivity index (χ1n) is 18.4. The van der Waals surface area contributed by atoms with Gasteiger partial charge in [0, 0.05) is 13.0 Å². The molecule has 0 rings (SSSR count).